The first-order valence-corrected chi connectivity index (χ1v) is 4.75. The lowest BCUT2D eigenvalue weighted by Crippen LogP contribution is -2.32. The summed E-state index contributed by atoms with van der Waals surface area (Å²) in [5, 5.41) is 8.67. The summed E-state index contributed by atoms with van der Waals surface area (Å²) >= 11 is 0. The smallest absolute Gasteiger partial charge is 0.304 e. The topological polar surface area (TPSA) is 40.5 Å². The molecule has 0 aliphatic carbocycles. The standard InChI is InChI=1S/C9H15NO2/c11-9(12)6-8-4-3-7-2-1-5-10(7)8/h7-8H,1-6H2,(H,11,12). The molecule has 0 bridgehead atoms. The molecule has 0 amide bonds. The van der Waals surface area contributed by atoms with Crippen molar-refractivity contribution in [3.05, 3.63) is 0 Å². The van der Waals surface area contributed by atoms with E-state index in [0.717, 1.165) is 13.0 Å². The van der Waals surface area contributed by atoms with Crippen LogP contribution in [0, 0.1) is 0 Å². The maximum Gasteiger partial charge on any atom is 0.304 e. The van der Waals surface area contributed by atoms with Gasteiger partial charge in [0.15, 0.2) is 0 Å². The van der Waals surface area contributed by atoms with Crippen LogP contribution in [0.3, 0.4) is 0 Å². The zero-order chi connectivity index (χ0) is 8.55. The number of nitrogens with zero attached hydrogens (tertiary/aromatic N) is 1. The molecule has 12 heavy (non-hydrogen) atoms. The van der Waals surface area contributed by atoms with Crippen LogP contribution in [-0.2, 0) is 4.79 Å². The Balaban J connectivity index is 1.95. The Kier molecular flexibility index (Phi) is 2.05. The summed E-state index contributed by atoms with van der Waals surface area (Å²) in [7, 11) is 0. The van der Waals surface area contributed by atoms with Gasteiger partial charge in [0, 0.05) is 12.1 Å². The van der Waals surface area contributed by atoms with E-state index in [1.165, 1.54) is 19.3 Å². The van der Waals surface area contributed by atoms with Gasteiger partial charge in [0.1, 0.15) is 0 Å². The molecular formula is C9H15NO2. The summed E-state index contributed by atoms with van der Waals surface area (Å²) < 4.78 is 0. The van der Waals surface area contributed by atoms with Crippen molar-refractivity contribution >= 4 is 5.97 Å². The van der Waals surface area contributed by atoms with E-state index in [0.29, 0.717) is 18.5 Å². The van der Waals surface area contributed by atoms with Gasteiger partial charge < -0.3 is 5.11 Å². The average Bonchev–Trinajstić information content (AvgIpc) is 2.52. The number of hydrogen-bond donors (Lipinski definition) is 1. The first-order chi connectivity index (χ1) is 5.77. The van der Waals surface area contributed by atoms with Gasteiger partial charge in [0.25, 0.3) is 0 Å². The Hall–Kier alpha value is -0.570. The summed E-state index contributed by atoms with van der Waals surface area (Å²) in [6, 6.07) is 1.06. The van der Waals surface area contributed by atoms with E-state index in [4.69, 9.17) is 5.11 Å². The van der Waals surface area contributed by atoms with E-state index in [1.54, 1.807) is 0 Å². The largest absolute Gasteiger partial charge is 0.481 e. The minimum Gasteiger partial charge on any atom is -0.481 e. The van der Waals surface area contributed by atoms with Crippen molar-refractivity contribution in [1.82, 2.24) is 4.90 Å². The zero-order valence-electron chi connectivity index (χ0n) is 7.20. The molecule has 0 saturated carbocycles. The monoisotopic (exact) mass is 169 g/mol. The van der Waals surface area contributed by atoms with E-state index in [2.05, 4.69) is 4.90 Å². The van der Waals surface area contributed by atoms with Crippen LogP contribution in [0.15, 0.2) is 0 Å². The molecule has 2 fully saturated rings. The highest BCUT2D eigenvalue weighted by atomic mass is 16.4. The Morgan fingerprint density at radius 1 is 1.42 bits per heavy atom. The van der Waals surface area contributed by atoms with E-state index in [9.17, 15) is 4.79 Å². The van der Waals surface area contributed by atoms with Crippen LogP contribution < -0.4 is 0 Å². The number of carboxylic acids is 1. The molecule has 0 aromatic rings. The first kappa shape index (κ1) is 8.05. The summed E-state index contributed by atoms with van der Waals surface area (Å²) in [6.45, 7) is 1.13. The van der Waals surface area contributed by atoms with Crippen molar-refractivity contribution in [2.45, 2.75) is 44.2 Å². The predicted molar refractivity (Wildman–Crippen MR) is 45.0 cm³/mol. The minimum absolute atomic E-state index is 0.343. The van der Waals surface area contributed by atoms with Crippen LogP contribution in [0.25, 0.3) is 0 Å². The van der Waals surface area contributed by atoms with Gasteiger partial charge in [-0.1, -0.05) is 0 Å². The van der Waals surface area contributed by atoms with Crippen LogP contribution in [0.2, 0.25) is 0 Å². The molecule has 0 spiro atoms. The molecule has 68 valence electrons. The molecule has 1 N–H and O–H groups in total. The zero-order valence-corrected chi connectivity index (χ0v) is 7.20. The van der Waals surface area contributed by atoms with Gasteiger partial charge in [-0.15, -0.1) is 0 Å². The van der Waals surface area contributed by atoms with Gasteiger partial charge in [-0.3, -0.25) is 9.69 Å². The Morgan fingerprint density at radius 2 is 2.25 bits per heavy atom. The van der Waals surface area contributed by atoms with Gasteiger partial charge in [-0.05, 0) is 32.2 Å². The Morgan fingerprint density at radius 3 is 3.00 bits per heavy atom. The summed E-state index contributed by atoms with van der Waals surface area (Å²) in [5.41, 5.74) is 0. The number of hydrogen-bond acceptors (Lipinski definition) is 2. The molecule has 2 rings (SSSR count). The van der Waals surface area contributed by atoms with E-state index >= 15 is 0 Å². The van der Waals surface area contributed by atoms with E-state index < -0.39 is 5.97 Å². The number of aliphatic carboxylic acids is 1. The summed E-state index contributed by atoms with van der Waals surface area (Å²) in [6.07, 6.45) is 5.21. The van der Waals surface area contributed by atoms with Crippen molar-refractivity contribution in [1.29, 1.82) is 0 Å². The van der Waals surface area contributed by atoms with E-state index in [1.807, 2.05) is 0 Å². The van der Waals surface area contributed by atoms with Gasteiger partial charge in [0.05, 0.1) is 6.42 Å². The van der Waals surface area contributed by atoms with Crippen LogP contribution in [0.4, 0.5) is 0 Å². The second kappa shape index (κ2) is 3.05. The molecule has 2 heterocycles. The normalized spacial score (nSPS) is 35.3. The predicted octanol–water partition coefficient (Wildman–Crippen LogP) is 1.09. The van der Waals surface area contributed by atoms with Gasteiger partial charge in [0.2, 0.25) is 0 Å². The highest BCUT2D eigenvalue weighted by molar-refractivity contribution is 5.67. The highest BCUT2D eigenvalue weighted by Crippen LogP contribution is 2.33. The maximum atomic E-state index is 10.5. The van der Waals surface area contributed by atoms with Crippen molar-refractivity contribution in [3.63, 3.8) is 0 Å². The maximum absolute atomic E-state index is 10.5. The minimum atomic E-state index is -0.646. The molecule has 0 aromatic heterocycles. The number of rotatable bonds is 2. The molecule has 2 saturated heterocycles. The van der Waals surface area contributed by atoms with Crippen molar-refractivity contribution in [2.24, 2.45) is 0 Å². The third-order valence-corrected chi connectivity index (χ3v) is 3.14. The fourth-order valence-electron chi connectivity index (χ4n) is 2.62. The molecular weight excluding hydrogens is 154 g/mol. The summed E-state index contributed by atoms with van der Waals surface area (Å²) in [4.78, 5) is 12.9. The molecule has 0 radical (unpaired) electrons. The fourth-order valence-corrected chi connectivity index (χ4v) is 2.62. The van der Waals surface area contributed by atoms with Crippen LogP contribution in [-0.4, -0.2) is 34.6 Å². The molecule has 3 heteroatoms. The lowest BCUT2D eigenvalue weighted by molar-refractivity contribution is -0.138. The quantitative estimate of drug-likeness (QED) is 0.672. The average molecular weight is 169 g/mol. The second-order valence-electron chi connectivity index (χ2n) is 3.86. The highest BCUT2D eigenvalue weighted by Gasteiger charge is 2.37. The fraction of sp³-hybridized carbons (Fsp3) is 0.889. The molecule has 2 atom stereocenters. The molecule has 2 aliphatic heterocycles. The SMILES string of the molecule is O=C(O)CC1CCC2CCCN21. The van der Waals surface area contributed by atoms with E-state index in [-0.39, 0.29) is 0 Å². The molecule has 3 nitrogen and oxygen atoms in total. The van der Waals surface area contributed by atoms with Gasteiger partial charge >= 0.3 is 5.97 Å². The van der Waals surface area contributed by atoms with Gasteiger partial charge in [-0.25, -0.2) is 0 Å². The lowest BCUT2D eigenvalue weighted by atomic mass is 10.1. The van der Waals surface area contributed by atoms with Crippen LogP contribution >= 0.6 is 0 Å². The first-order valence-electron chi connectivity index (χ1n) is 4.75. The number of carbonyl (C=O) groups is 1. The summed E-state index contributed by atoms with van der Waals surface area (Å²) in [5.74, 6) is -0.646. The molecule has 2 unspecified atom stereocenters. The Bertz CT molecular complexity index is 193. The van der Waals surface area contributed by atoms with Gasteiger partial charge in [-0.2, -0.15) is 0 Å². The lowest BCUT2D eigenvalue weighted by Gasteiger charge is -2.21. The third kappa shape index (κ3) is 1.33. The van der Waals surface area contributed by atoms with Crippen molar-refractivity contribution in [2.75, 3.05) is 6.54 Å². The third-order valence-electron chi connectivity index (χ3n) is 3.14. The van der Waals surface area contributed by atoms with Crippen molar-refractivity contribution in [3.8, 4) is 0 Å². The Labute approximate surface area is 72.4 Å². The molecule has 0 aromatic carbocycles. The van der Waals surface area contributed by atoms with Crippen LogP contribution in [0.5, 0.6) is 0 Å². The number of fused-ring (bicyclic) bond motifs is 1. The van der Waals surface area contributed by atoms with Crippen LogP contribution in [0.1, 0.15) is 32.1 Å². The number of carboxylic acid groups (broad SMARTS) is 1. The van der Waals surface area contributed by atoms with Crippen molar-refractivity contribution < 1.29 is 9.90 Å². The molecule has 2 aliphatic rings. The second-order valence-corrected chi connectivity index (χ2v) is 3.86.